The first kappa shape index (κ1) is 20.1. The van der Waals surface area contributed by atoms with Crippen LogP contribution in [0.1, 0.15) is 25.5 Å². The Kier molecular flexibility index (Phi) is 6.50. The monoisotopic (exact) mass is 379 g/mol. The molecule has 6 nitrogen and oxygen atoms in total. The average Bonchev–Trinajstić information content (AvgIpc) is 2.65. The van der Waals surface area contributed by atoms with Gasteiger partial charge in [-0.25, -0.2) is 13.1 Å². The van der Waals surface area contributed by atoms with Crippen LogP contribution in [0.3, 0.4) is 0 Å². The van der Waals surface area contributed by atoms with E-state index in [1.807, 2.05) is 38.1 Å². The molecule has 1 N–H and O–H groups in total. The molecule has 0 saturated carbocycles. The number of nitrogens with one attached hydrogen (secondary N) is 1. The minimum absolute atomic E-state index is 0.0368. The van der Waals surface area contributed by atoms with E-state index in [-0.39, 0.29) is 16.6 Å². The second kappa shape index (κ2) is 8.42. The minimum Gasteiger partial charge on any atom is -0.497 e. The summed E-state index contributed by atoms with van der Waals surface area (Å²) in [4.78, 5) is 0.0403. The maximum atomic E-state index is 13.0. The quantitative estimate of drug-likeness (QED) is 0.761. The highest BCUT2D eigenvalue weighted by molar-refractivity contribution is 7.89. The molecular weight excluding hydrogens is 354 g/mol. The number of sulfonamides is 1. The lowest BCUT2D eigenvalue weighted by Crippen LogP contribution is -2.32. The van der Waals surface area contributed by atoms with E-state index in [1.165, 1.54) is 20.3 Å². The molecule has 1 unspecified atom stereocenters. The second-order valence-corrected chi connectivity index (χ2v) is 7.82. The van der Waals surface area contributed by atoms with Gasteiger partial charge in [-0.1, -0.05) is 26.0 Å². The van der Waals surface area contributed by atoms with Crippen molar-refractivity contribution < 1.29 is 22.6 Å². The van der Waals surface area contributed by atoms with Gasteiger partial charge in [0.25, 0.3) is 0 Å². The first-order valence-electron chi connectivity index (χ1n) is 8.20. The van der Waals surface area contributed by atoms with Crippen LogP contribution in [0.2, 0.25) is 0 Å². The fraction of sp³-hybridized carbons (Fsp3) is 0.368. The highest BCUT2D eigenvalue weighted by atomic mass is 32.2. The fourth-order valence-electron chi connectivity index (χ4n) is 2.62. The van der Waals surface area contributed by atoms with Gasteiger partial charge in [-0.3, -0.25) is 0 Å². The number of ether oxygens (including phenoxy) is 3. The molecule has 0 radical (unpaired) electrons. The zero-order valence-corrected chi connectivity index (χ0v) is 16.5. The summed E-state index contributed by atoms with van der Waals surface area (Å²) >= 11 is 0. The molecule has 0 amide bonds. The Bertz CT molecular complexity index is 832. The molecule has 26 heavy (non-hydrogen) atoms. The van der Waals surface area contributed by atoms with Crippen molar-refractivity contribution in [1.82, 2.24) is 4.72 Å². The van der Waals surface area contributed by atoms with Gasteiger partial charge < -0.3 is 14.2 Å². The smallest absolute Gasteiger partial charge is 0.244 e. The number of hydrogen-bond acceptors (Lipinski definition) is 5. The van der Waals surface area contributed by atoms with Crippen LogP contribution in [0.4, 0.5) is 0 Å². The molecule has 0 aliphatic carbocycles. The number of benzene rings is 2. The highest BCUT2D eigenvalue weighted by Crippen LogP contribution is 2.31. The SMILES string of the molecule is COc1ccc(C(NS(=O)(=O)c2cc(OC)ccc2OC)C(C)C)cc1. The van der Waals surface area contributed by atoms with Gasteiger partial charge in [0.2, 0.25) is 10.0 Å². The lowest BCUT2D eigenvalue weighted by Gasteiger charge is -2.23. The van der Waals surface area contributed by atoms with Gasteiger partial charge in [-0.2, -0.15) is 0 Å². The van der Waals surface area contributed by atoms with Crippen molar-refractivity contribution in [2.24, 2.45) is 5.92 Å². The molecule has 0 fully saturated rings. The Morgan fingerprint density at radius 1 is 0.846 bits per heavy atom. The summed E-state index contributed by atoms with van der Waals surface area (Å²) in [7, 11) is 0.681. The average molecular weight is 379 g/mol. The van der Waals surface area contributed by atoms with E-state index in [4.69, 9.17) is 14.2 Å². The Morgan fingerprint density at radius 2 is 1.42 bits per heavy atom. The number of methoxy groups -OCH3 is 3. The molecule has 0 aliphatic rings. The molecule has 0 heterocycles. The van der Waals surface area contributed by atoms with Gasteiger partial charge in [-0.15, -0.1) is 0 Å². The second-order valence-electron chi connectivity index (χ2n) is 6.13. The van der Waals surface area contributed by atoms with Crippen LogP contribution in [0.25, 0.3) is 0 Å². The van der Waals surface area contributed by atoms with E-state index in [9.17, 15) is 8.42 Å². The molecule has 0 aromatic heterocycles. The van der Waals surface area contributed by atoms with Crippen molar-refractivity contribution in [3.05, 3.63) is 48.0 Å². The maximum absolute atomic E-state index is 13.0. The van der Waals surface area contributed by atoms with Crippen LogP contribution in [0, 0.1) is 5.92 Å². The van der Waals surface area contributed by atoms with Gasteiger partial charge in [0.15, 0.2) is 0 Å². The van der Waals surface area contributed by atoms with Crippen LogP contribution < -0.4 is 18.9 Å². The summed E-state index contributed by atoms with van der Waals surface area (Å²) in [6, 6.07) is 11.6. The lowest BCUT2D eigenvalue weighted by molar-refractivity contribution is 0.390. The third-order valence-corrected chi connectivity index (χ3v) is 5.55. The molecule has 2 aromatic rings. The van der Waals surface area contributed by atoms with Crippen molar-refractivity contribution in [2.75, 3.05) is 21.3 Å². The summed E-state index contributed by atoms with van der Waals surface area (Å²) in [5, 5.41) is 0. The minimum atomic E-state index is -3.83. The maximum Gasteiger partial charge on any atom is 0.244 e. The predicted molar refractivity (Wildman–Crippen MR) is 100 cm³/mol. The van der Waals surface area contributed by atoms with Gasteiger partial charge in [0.1, 0.15) is 22.1 Å². The van der Waals surface area contributed by atoms with Gasteiger partial charge in [-0.05, 0) is 35.7 Å². The van der Waals surface area contributed by atoms with E-state index in [2.05, 4.69) is 4.72 Å². The highest BCUT2D eigenvalue weighted by Gasteiger charge is 2.27. The van der Waals surface area contributed by atoms with Gasteiger partial charge in [0.05, 0.1) is 21.3 Å². The van der Waals surface area contributed by atoms with E-state index in [0.29, 0.717) is 11.5 Å². The summed E-state index contributed by atoms with van der Waals surface area (Å²) in [5.74, 6) is 1.45. The number of rotatable bonds is 8. The first-order valence-corrected chi connectivity index (χ1v) is 9.69. The third kappa shape index (κ3) is 4.47. The van der Waals surface area contributed by atoms with Crippen LogP contribution >= 0.6 is 0 Å². The predicted octanol–water partition coefficient (Wildman–Crippen LogP) is 3.39. The molecule has 0 bridgehead atoms. The van der Waals surface area contributed by atoms with E-state index < -0.39 is 16.1 Å². The van der Waals surface area contributed by atoms with Crippen LogP contribution in [-0.4, -0.2) is 29.7 Å². The molecule has 0 aliphatic heterocycles. The van der Waals surface area contributed by atoms with E-state index >= 15 is 0 Å². The van der Waals surface area contributed by atoms with Crippen molar-refractivity contribution in [2.45, 2.75) is 24.8 Å². The van der Waals surface area contributed by atoms with Gasteiger partial charge >= 0.3 is 0 Å². The van der Waals surface area contributed by atoms with Crippen molar-refractivity contribution in [1.29, 1.82) is 0 Å². The molecule has 1 atom stereocenters. The van der Waals surface area contributed by atoms with Crippen molar-refractivity contribution in [3.8, 4) is 17.2 Å². The van der Waals surface area contributed by atoms with Crippen molar-refractivity contribution in [3.63, 3.8) is 0 Å². The summed E-state index contributed by atoms with van der Waals surface area (Å²) < 4.78 is 44.4. The Labute approximate surface area is 155 Å². The van der Waals surface area contributed by atoms with Crippen LogP contribution in [-0.2, 0) is 10.0 Å². The molecule has 0 spiro atoms. The molecule has 7 heteroatoms. The topological polar surface area (TPSA) is 73.9 Å². The summed E-state index contributed by atoms with van der Waals surface area (Å²) in [6.07, 6.45) is 0. The molecule has 2 aromatic carbocycles. The standard InChI is InChI=1S/C19H25NO5S/c1-13(2)19(14-6-8-15(23-3)9-7-14)20-26(21,22)18-12-16(24-4)10-11-17(18)25-5/h6-13,19-20H,1-5H3. The number of hydrogen-bond donors (Lipinski definition) is 1. The Hall–Kier alpha value is -2.25. The molecular formula is C19H25NO5S. The van der Waals surface area contributed by atoms with Gasteiger partial charge in [0, 0.05) is 12.1 Å². The van der Waals surface area contributed by atoms with Crippen molar-refractivity contribution >= 4 is 10.0 Å². The Balaban J connectivity index is 2.41. The Morgan fingerprint density at radius 3 is 1.92 bits per heavy atom. The van der Waals surface area contributed by atoms with Crippen LogP contribution in [0.15, 0.2) is 47.4 Å². The van der Waals surface area contributed by atoms with Crippen LogP contribution in [0.5, 0.6) is 17.2 Å². The zero-order chi connectivity index (χ0) is 19.3. The normalized spacial score (nSPS) is 12.7. The van der Waals surface area contributed by atoms with E-state index in [1.54, 1.807) is 19.2 Å². The third-order valence-electron chi connectivity index (χ3n) is 4.08. The first-order chi connectivity index (χ1) is 12.3. The fourth-order valence-corrected chi connectivity index (χ4v) is 4.18. The van der Waals surface area contributed by atoms with E-state index in [0.717, 1.165) is 5.56 Å². The largest absolute Gasteiger partial charge is 0.497 e. The summed E-state index contributed by atoms with van der Waals surface area (Å²) in [5.41, 5.74) is 0.853. The molecule has 142 valence electrons. The molecule has 0 saturated heterocycles. The molecule has 2 rings (SSSR count). The lowest BCUT2D eigenvalue weighted by atomic mass is 9.97. The summed E-state index contributed by atoms with van der Waals surface area (Å²) in [6.45, 7) is 3.92. The zero-order valence-electron chi connectivity index (χ0n) is 15.6.